The normalized spacial score (nSPS) is 11.7. The molecule has 0 aliphatic carbocycles. The number of benzene rings is 8. The van der Waals surface area contributed by atoms with Gasteiger partial charge < -0.3 is 9.32 Å². The van der Waals surface area contributed by atoms with Gasteiger partial charge in [-0.3, -0.25) is 0 Å². The number of anilines is 3. The molecule has 0 saturated carbocycles. The van der Waals surface area contributed by atoms with Crippen molar-refractivity contribution in [1.29, 1.82) is 0 Å². The zero-order valence-electron chi connectivity index (χ0n) is 26.5. The summed E-state index contributed by atoms with van der Waals surface area (Å²) in [6.45, 7) is 0. The summed E-state index contributed by atoms with van der Waals surface area (Å²) in [5, 5.41) is 7.27. The lowest BCUT2D eigenvalue weighted by Gasteiger charge is -2.28. The quantitative estimate of drug-likeness (QED) is 0.186. The summed E-state index contributed by atoms with van der Waals surface area (Å²) in [6, 6.07) is 63.0. The standard InChI is InChI=1S/C46H29NOS/c1-3-15-30(16-4-1)32-19-9-11-24-39(32)47(41-26-13-23-35-34-21-10-12-27-42(34)48-45(35)41)40-25-14-28-43-44(40)38-29-37(31-17-5-2-6-18-31)33-20-7-8-22-36(33)46(38)49-43/h1-29H. The molecule has 0 aliphatic rings. The molecule has 10 rings (SSSR count). The highest BCUT2D eigenvalue weighted by Gasteiger charge is 2.25. The van der Waals surface area contributed by atoms with Crippen LogP contribution in [-0.2, 0) is 0 Å². The molecule has 0 bridgehead atoms. The van der Waals surface area contributed by atoms with Crippen LogP contribution in [0.15, 0.2) is 180 Å². The van der Waals surface area contributed by atoms with Crippen molar-refractivity contribution in [2.24, 2.45) is 0 Å². The van der Waals surface area contributed by atoms with Gasteiger partial charge >= 0.3 is 0 Å². The Morgan fingerprint density at radius 3 is 1.82 bits per heavy atom. The Balaban J connectivity index is 1.34. The number of para-hydroxylation sites is 3. The van der Waals surface area contributed by atoms with E-state index in [0.29, 0.717) is 0 Å². The van der Waals surface area contributed by atoms with Crippen LogP contribution in [0.2, 0.25) is 0 Å². The van der Waals surface area contributed by atoms with Crippen molar-refractivity contribution in [2.45, 2.75) is 0 Å². The average Bonchev–Trinajstić information content (AvgIpc) is 3.75. The first kappa shape index (κ1) is 27.9. The van der Waals surface area contributed by atoms with Crippen LogP contribution >= 0.6 is 11.3 Å². The molecular formula is C46H29NOS. The molecule has 0 atom stereocenters. The molecule has 0 spiro atoms. The lowest BCUT2D eigenvalue weighted by atomic mass is 9.95. The number of hydrogen-bond acceptors (Lipinski definition) is 3. The number of rotatable bonds is 5. The minimum atomic E-state index is 0.874. The van der Waals surface area contributed by atoms with Gasteiger partial charge in [-0.05, 0) is 58.5 Å². The third kappa shape index (κ3) is 4.40. The summed E-state index contributed by atoms with van der Waals surface area (Å²) in [5.41, 5.74) is 9.77. The van der Waals surface area contributed by atoms with Gasteiger partial charge in [0.15, 0.2) is 5.58 Å². The predicted octanol–water partition coefficient (Wildman–Crippen LogP) is 13.9. The summed E-state index contributed by atoms with van der Waals surface area (Å²) in [6.07, 6.45) is 0. The highest BCUT2D eigenvalue weighted by atomic mass is 32.1. The van der Waals surface area contributed by atoms with Gasteiger partial charge in [-0.25, -0.2) is 0 Å². The fourth-order valence-corrected chi connectivity index (χ4v) is 8.74. The monoisotopic (exact) mass is 643 g/mol. The second-order valence-corrected chi connectivity index (χ2v) is 13.5. The highest BCUT2D eigenvalue weighted by Crippen LogP contribution is 2.51. The Hall–Kier alpha value is -6.16. The van der Waals surface area contributed by atoms with E-state index in [0.717, 1.165) is 44.6 Å². The summed E-state index contributed by atoms with van der Waals surface area (Å²) in [5.74, 6) is 0. The molecule has 0 amide bonds. The lowest BCUT2D eigenvalue weighted by Crippen LogP contribution is -2.12. The molecule has 0 saturated heterocycles. The van der Waals surface area contributed by atoms with Crippen molar-refractivity contribution < 1.29 is 4.42 Å². The van der Waals surface area contributed by atoms with E-state index in [1.165, 1.54) is 47.6 Å². The number of nitrogens with zero attached hydrogens (tertiary/aromatic N) is 1. The maximum atomic E-state index is 6.73. The van der Waals surface area contributed by atoms with E-state index in [1.54, 1.807) is 0 Å². The zero-order valence-corrected chi connectivity index (χ0v) is 27.3. The van der Waals surface area contributed by atoms with Crippen molar-refractivity contribution in [2.75, 3.05) is 4.90 Å². The van der Waals surface area contributed by atoms with E-state index in [-0.39, 0.29) is 0 Å². The number of hydrogen-bond donors (Lipinski definition) is 0. The predicted molar refractivity (Wildman–Crippen MR) is 210 cm³/mol. The largest absolute Gasteiger partial charge is 0.454 e. The third-order valence-electron chi connectivity index (χ3n) is 9.66. The average molecular weight is 644 g/mol. The maximum absolute atomic E-state index is 6.73. The van der Waals surface area contributed by atoms with Gasteiger partial charge in [0.2, 0.25) is 0 Å². The molecule has 0 unspecified atom stereocenters. The van der Waals surface area contributed by atoms with Gasteiger partial charge in [-0.2, -0.15) is 0 Å². The number of thiophene rings is 1. The van der Waals surface area contributed by atoms with Crippen molar-refractivity contribution in [3.63, 3.8) is 0 Å². The van der Waals surface area contributed by atoms with E-state index in [9.17, 15) is 0 Å². The molecule has 0 aliphatic heterocycles. The SMILES string of the molecule is c1ccc(-c2ccccc2N(c2cccc3c2oc2ccccc23)c2cccc3sc4c5ccccc5c(-c5ccccc5)cc4c23)cc1. The molecule has 49 heavy (non-hydrogen) atoms. The van der Waals surface area contributed by atoms with Crippen molar-refractivity contribution in [1.82, 2.24) is 0 Å². The summed E-state index contributed by atoms with van der Waals surface area (Å²) in [7, 11) is 0. The Kier molecular flexibility index (Phi) is 6.39. The summed E-state index contributed by atoms with van der Waals surface area (Å²) >= 11 is 1.87. The number of fused-ring (bicyclic) bond motifs is 8. The lowest BCUT2D eigenvalue weighted by molar-refractivity contribution is 0.669. The maximum Gasteiger partial charge on any atom is 0.159 e. The van der Waals surface area contributed by atoms with Crippen LogP contribution in [0.3, 0.4) is 0 Å². The first-order chi connectivity index (χ1) is 24.3. The fraction of sp³-hybridized carbons (Fsp3) is 0. The second-order valence-electron chi connectivity index (χ2n) is 12.4. The van der Waals surface area contributed by atoms with Crippen LogP contribution in [-0.4, -0.2) is 0 Å². The van der Waals surface area contributed by atoms with Crippen LogP contribution in [0.1, 0.15) is 0 Å². The molecule has 230 valence electrons. The molecule has 2 nitrogen and oxygen atoms in total. The topological polar surface area (TPSA) is 16.4 Å². The third-order valence-corrected chi connectivity index (χ3v) is 10.9. The number of furan rings is 1. The molecule has 10 aromatic rings. The van der Waals surface area contributed by atoms with E-state index in [2.05, 4.69) is 175 Å². The van der Waals surface area contributed by atoms with Gasteiger partial charge in [0.25, 0.3) is 0 Å². The molecule has 3 heteroatoms. The van der Waals surface area contributed by atoms with Crippen LogP contribution in [0.25, 0.3) is 75.1 Å². The first-order valence-electron chi connectivity index (χ1n) is 16.6. The second kappa shape index (κ2) is 11.2. The summed E-state index contributed by atoms with van der Waals surface area (Å²) in [4.78, 5) is 2.43. The van der Waals surface area contributed by atoms with Gasteiger partial charge in [0.05, 0.1) is 17.1 Å². The van der Waals surface area contributed by atoms with Gasteiger partial charge in [0.1, 0.15) is 5.58 Å². The smallest absolute Gasteiger partial charge is 0.159 e. The first-order valence-corrected chi connectivity index (χ1v) is 17.4. The van der Waals surface area contributed by atoms with Gasteiger partial charge in [-0.15, -0.1) is 11.3 Å². The molecule has 2 heterocycles. The van der Waals surface area contributed by atoms with Crippen molar-refractivity contribution in [3.8, 4) is 22.3 Å². The van der Waals surface area contributed by atoms with Crippen LogP contribution < -0.4 is 4.90 Å². The zero-order chi connectivity index (χ0) is 32.3. The van der Waals surface area contributed by atoms with E-state index >= 15 is 0 Å². The molecule has 0 fully saturated rings. The molecule has 0 N–H and O–H groups in total. The van der Waals surface area contributed by atoms with Crippen molar-refractivity contribution in [3.05, 3.63) is 176 Å². The Bertz CT molecular complexity index is 2830. The Morgan fingerprint density at radius 1 is 0.408 bits per heavy atom. The molecular weight excluding hydrogens is 615 g/mol. The molecule has 2 aromatic heterocycles. The van der Waals surface area contributed by atoms with Crippen LogP contribution in [0, 0.1) is 0 Å². The van der Waals surface area contributed by atoms with Gasteiger partial charge in [0, 0.05) is 41.9 Å². The molecule has 0 radical (unpaired) electrons. The minimum absolute atomic E-state index is 0.874. The highest BCUT2D eigenvalue weighted by molar-refractivity contribution is 7.26. The molecule has 8 aromatic carbocycles. The summed E-state index contributed by atoms with van der Waals surface area (Å²) < 4.78 is 9.28. The van der Waals surface area contributed by atoms with Crippen LogP contribution in [0.5, 0.6) is 0 Å². The Morgan fingerprint density at radius 2 is 1.00 bits per heavy atom. The van der Waals surface area contributed by atoms with Crippen LogP contribution in [0.4, 0.5) is 17.1 Å². The van der Waals surface area contributed by atoms with Gasteiger partial charge in [-0.1, -0.05) is 140 Å². The van der Waals surface area contributed by atoms with Crippen molar-refractivity contribution >= 4 is 81.3 Å². The fourth-order valence-electron chi connectivity index (χ4n) is 7.50. The van der Waals surface area contributed by atoms with E-state index in [4.69, 9.17) is 4.42 Å². The van der Waals surface area contributed by atoms with E-state index in [1.807, 2.05) is 17.4 Å². The minimum Gasteiger partial charge on any atom is -0.454 e. The van der Waals surface area contributed by atoms with E-state index < -0.39 is 0 Å². The Labute approximate surface area is 287 Å².